The molecule has 0 radical (unpaired) electrons. The molecular weight excluding hydrogens is 303 g/mol. The van der Waals surface area contributed by atoms with Crippen LogP contribution in [0.15, 0.2) is 35.7 Å². The molecule has 1 aliphatic heterocycles. The minimum Gasteiger partial charge on any atom is -0.470 e. The van der Waals surface area contributed by atoms with Crippen LogP contribution in [0.4, 0.5) is 18.9 Å². The van der Waals surface area contributed by atoms with Gasteiger partial charge in [0.2, 0.25) is 11.7 Å². The van der Waals surface area contributed by atoms with Gasteiger partial charge in [-0.3, -0.25) is 4.79 Å². The molecule has 118 valence electrons. The summed E-state index contributed by atoms with van der Waals surface area (Å²) in [7, 11) is 0. The minimum absolute atomic E-state index is 0.0429. The van der Waals surface area contributed by atoms with E-state index in [1.54, 1.807) is 6.92 Å². The number of halogens is 3. The molecular formula is C14H12F3NO4. The monoisotopic (exact) mass is 315 g/mol. The maximum atomic E-state index is 12.6. The van der Waals surface area contributed by atoms with E-state index in [-0.39, 0.29) is 30.4 Å². The lowest BCUT2D eigenvalue weighted by atomic mass is 10.2. The van der Waals surface area contributed by atoms with Crippen LogP contribution in [0.25, 0.3) is 0 Å². The fraction of sp³-hybridized carbons (Fsp3) is 0.286. The van der Waals surface area contributed by atoms with E-state index in [1.165, 1.54) is 12.1 Å². The van der Waals surface area contributed by atoms with Crippen LogP contribution in [0.5, 0.6) is 0 Å². The van der Waals surface area contributed by atoms with Gasteiger partial charge in [0.1, 0.15) is 0 Å². The van der Waals surface area contributed by atoms with Crippen molar-refractivity contribution in [3.05, 3.63) is 41.3 Å². The molecule has 0 saturated carbocycles. The molecule has 1 N–H and O–H groups in total. The summed E-state index contributed by atoms with van der Waals surface area (Å²) in [5.74, 6) is -1.67. The van der Waals surface area contributed by atoms with E-state index in [0.29, 0.717) is 0 Å². The van der Waals surface area contributed by atoms with E-state index >= 15 is 0 Å². The first-order chi connectivity index (χ1) is 10.3. The summed E-state index contributed by atoms with van der Waals surface area (Å²) < 4.78 is 47.7. The number of carbonyl (C=O) groups excluding carboxylic acids is 2. The third-order valence-corrected chi connectivity index (χ3v) is 2.78. The second kappa shape index (κ2) is 6.08. The van der Waals surface area contributed by atoms with Gasteiger partial charge in [0, 0.05) is 5.69 Å². The number of nitrogens with one attached hydrogen (secondary N) is 1. The molecule has 0 aliphatic carbocycles. The topological polar surface area (TPSA) is 64.6 Å². The van der Waals surface area contributed by atoms with E-state index in [4.69, 9.17) is 9.47 Å². The van der Waals surface area contributed by atoms with Crippen molar-refractivity contribution in [1.29, 1.82) is 0 Å². The fourth-order valence-electron chi connectivity index (χ4n) is 1.82. The molecule has 1 aliphatic rings. The number of hydrogen-bond acceptors (Lipinski definition) is 5. The molecule has 0 aromatic heterocycles. The van der Waals surface area contributed by atoms with E-state index in [0.717, 1.165) is 12.1 Å². The SMILES string of the molecule is CCOC(=O)C1=C(Nc2cccc(C(F)(F)F)c2)OCC1=O. The van der Waals surface area contributed by atoms with E-state index < -0.39 is 23.5 Å². The number of benzene rings is 1. The van der Waals surface area contributed by atoms with E-state index in [9.17, 15) is 22.8 Å². The van der Waals surface area contributed by atoms with Crippen molar-refractivity contribution in [2.24, 2.45) is 0 Å². The summed E-state index contributed by atoms with van der Waals surface area (Å²) in [6.07, 6.45) is -4.50. The molecule has 1 aromatic rings. The zero-order valence-electron chi connectivity index (χ0n) is 11.5. The molecule has 8 heteroatoms. The Kier molecular flexibility index (Phi) is 4.39. The molecule has 2 rings (SSSR count). The second-order valence-corrected chi connectivity index (χ2v) is 4.34. The Morgan fingerprint density at radius 2 is 2.14 bits per heavy atom. The van der Waals surface area contributed by atoms with E-state index in [2.05, 4.69) is 5.32 Å². The first-order valence-electron chi connectivity index (χ1n) is 6.34. The molecule has 0 bridgehead atoms. The molecule has 22 heavy (non-hydrogen) atoms. The van der Waals surface area contributed by atoms with Crippen molar-refractivity contribution in [1.82, 2.24) is 0 Å². The number of Topliss-reactive ketones (excluding diaryl/α,β-unsaturated/α-hetero) is 1. The molecule has 0 fully saturated rings. The Morgan fingerprint density at radius 3 is 2.77 bits per heavy atom. The predicted octanol–water partition coefficient (Wildman–Crippen LogP) is 2.49. The number of hydrogen-bond donors (Lipinski definition) is 1. The highest BCUT2D eigenvalue weighted by Gasteiger charge is 2.33. The highest BCUT2D eigenvalue weighted by atomic mass is 19.4. The summed E-state index contributed by atoms with van der Waals surface area (Å²) in [5, 5.41) is 2.51. The van der Waals surface area contributed by atoms with Gasteiger partial charge in [-0.1, -0.05) is 6.07 Å². The lowest BCUT2D eigenvalue weighted by Crippen LogP contribution is -2.16. The maximum Gasteiger partial charge on any atom is 0.416 e. The van der Waals surface area contributed by atoms with Gasteiger partial charge in [0.05, 0.1) is 12.2 Å². The summed E-state index contributed by atoms with van der Waals surface area (Å²) >= 11 is 0. The lowest BCUT2D eigenvalue weighted by molar-refractivity contribution is -0.140. The smallest absolute Gasteiger partial charge is 0.416 e. The molecule has 0 spiro atoms. The Bertz CT molecular complexity index is 637. The van der Waals surface area contributed by atoms with Crippen molar-refractivity contribution in [2.75, 3.05) is 18.5 Å². The van der Waals surface area contributed by atoms with Crippen molar-refractivity contribution in [2.45, 2.75) is 13.1 Å². The number of alkyl halides is 3. The summed E-state index contributed by atoms with van der Waals surface area (Å²) in [5.41, 5.74) is -1.15. The Hall–Kier alpha value is -2.51. The summed E-state index contributed by atoms with van der Waals surface area (Å²) in [4.78, 5) is 23.3. The minimum atomic E-state index is -4.50. The standard InChI is InChI=1S/C14H12F3NO4/c1-2-21-13(20)11-10(19)7-22-12(11)18-9-5-3-4-8(6-9)14(15,16)17/h3-6,18H,2,7H2,1H3. The summed E-state index contributed by atoms with van der Waals surface area (Å²) in [6, 6.07) is 4.32. The fourth-order valence-corrected chi connectivity index (χ4v) is 1.82. The van der Waals surface area contributed by atoms with Crippen LogP contribution in [0, 0.1) is 0 Å². The molecule has 0 saturated heterocycles. The van der Waals surface area contributed by atoms with Gasteiger partial charge >= 0.3 is 12.1 Å². The zero-order valence-corrected chi connectivity index (χ0v) is 11.5. The van der Waals surface area contributed by atoms with Crippen molar-refractivity contribution in [3.8, 4) is 0 Å². The van der Waals surface area contributed by atoms with E-state index in [1.807, 2.05) is 0 Å². The van der Waals surface area contributed by atoms with Crippen LogP contribution < -0.4 is 5.32 Å². The van der Waals surface area contributed by atoms with Gasteiger partial charge in [-0.05, 0) is 25.1 Å². The summed E-state index contributed by atoms with van der Waals surface area (Å²) in [6.45, 7) is 1.26. The normalized spacial score (nSPS) is 14.8. The molecule has 0 atom stereocenters. The Balaban J connectivity index is 2.29. The van der Waals surface area contributed by atoms with Crippen LogP contribution in [0.1, 0.15) is 12.5 Å². The third-order valence-electron chi connectivity index (χ3n) is 2.78. The average Bonchev–Trinajstić information content (AvgIpc) is 2.79. The molecule has 1 heterocycles. The van der Waals surface area contributed by atoms with Crippen molar-refractivity contribution < 1.29 is 32.2 Å². The molecule has 0 unspecified atom stereocenters. The van der Waals surface area contributed by atoms with Crippen LogP contribution in [-0.4, -0.2) is 25.0 Å². The molecule has 1 aromatic carbocycles. The molecule has 5 nitrogen and oxygen atoms in total. The van der Waals surface area contributed by atoms with Crippen molar-refractivity contribution in [3.63, 3.8) is 0 Å². The van der Waals surface area contributed by atoms with Crippen LogP contribution in [0.3, 0.4) is 0 Å². The van der Waals surface area contributed by atoms with Gasteiger partial charge in [-0.15, -0.1) is 0 Å². The average molecular weight is 315 g/mol. The van der Waals surface area contributed by atoms with Gasteiger partial charge in [-0.2, -0.15) is 13.2 Å². The lowest BCUT2D eigenvalue weighted by Gasteiger charge is -2.11. The van der Waals surface area contributed by atoms with Gasteiger partial charge < -0.3 is 14.8 Å². The van der Waals surface area contributed by atoms with Crippen LogP contribution in [0.2, 0.25) is 0 Å². The van der Waals surface area contributed by atoms with Gasteiger partial charge in [0.15, 0.2) is 12.2 Å². The van der Waals surface area contributed by atoms with Gasteiger partial charge in [-0.25, -0.2) is 4.79 Å². The number of carbonyl (C=O) groups is 2. The Labute approximate surface area is 123 Å². The quantitative estimate of drug-likeness (QED) is 0.683. The first kappa shape index (κ1) is 15.9. The Morgan fingerprint density at radius 1 is 1.41 bits per heavy atom. The number of anilines is 1. The van der Waals surface area contributed by atoms with Gasteiger partial charge in [0.25, 0.3) is 0 Å². The highest BCUT2D eigenvalue weighted by molar-refractivity contribution is 6.19. The third kappa shape index (κ3) is 3.38. The molecule has 0 amide bonds. The highest BCUT2D eigenvalue weighted by Crippen LogP contribution is 2.31. The van der Waals surface area contributed by atoms with Crippen LogP contribution in [-0.2, 0) is 25.2 Å². The van der Waals surface area contributed by atoms with Crippen LogP contribution >= 0.6 is 0 Å². The maximum absolute atomic E-state index is 12.6. The largest absolute Gasteiger partial charge is 0.470 e. The first-order valence-corrected chi connectivity index (χ1v) is 6.34. The van der Waals surface area contributed by atoms with Crippen molar-refractivity contribution >= 4 is 17.4 Å². The predicted molar refractivity (Wildman–Crippen MR) is 69.7 cm³/mol. The second-order valence-electron chi connectivity index (χ2n) is 4.34. The number of ketones is 1. The number of esters is 1. The number of rotatable bonds is 4. The zero-order chi connectivity index (χ0) is 16.3. The number of ether oxygens (including phenoxy) is 2.